The van der Waals surface area contributed by atoms with Gasteiger partial charge in [0, 0.05) is 48.9 Å². The first-order chi connectivity index (χ1) is 10.2. The van der Waals surface area contributed by atoms with Crippen LogP contribution in [0.25, 0.3) is 0 Å². The van der Waals surface area contributed by atoms with Gasteiger partial charge in [0.2, 0.25) is 0 Å². The number of hydrogen-bond acceptors (Lipinski definition) is 4. The van der Waals surface area contributed by atoms with Crippen molar-refractivity contribution in [2.75, 3.05) is 18.4 Å². The summed E-state index contributed by atoms with van der Waals surface area (Å²) in [5, 5.41) is 14.6. The minimum absolute atomic E-state index is 0.217. The van der Waals surface area contributed by atoms with Crippen LogP contribution in [0, 0.1) is 10.1 Å². The van der Waals surface area contributed by atoms with Crippen LogP contribution in [-0.2, 0) is 0 Å². The highest BCUT2D eigenvalue weighted by atomic mass is 16.6. The van der Waals surface area contributed by atoms with Gasteiger partial charge >= 0.3 is 0 Å². The van der Waals surface area contributed by atoms with Gasteiger partial charge in [0.1, 0.15) is 0 Å². The highest BCUT2D eigenvalue weighted by molar-refractivity contribution is 5.63. The Labute approximate surface area is 124 Å². The molecule has 1 aromatic carbocycles. The summed E-state index contributed by atoms with van der Waals surface area (Å²) < 4.78 is 0. The quantitative estimate of drug-likeness (QED) is 0.670. The second-order valence-corrected chi connectivity index (χ2v) is 6.61. The van der Waals surface area contributed by atoms with Gasteiger partial charge in [-0.05, 0) is 30.9 Å². The molecule has 5 heteroatoms. The Morgan fingerprint density at radius 3 is 2.81 bits per heavy atom. The number of piperidine rings is 1. The molecular formula is C16H21N3O2. The number of nitrogens with zero attached hydrogens (tertiary/aromatic N) is 2. The molecule has 2 heterocycles. The molecule has 1 aliphatic carbocycles. The standard InChI is InChI=1S/C16H21N3O2/c20-19(21)12-5-6-15-13(9-12)14-10-18(8-7-16(14)17-15)11-3-1-2-4-11/h5-6,9,11,14,16-17H,1-4,7-8,10H2. The Balaban J connectivity index is 1.59. The van der Waals surface area contributed by atoms with Gasteiger partial charge in [-0.2, -0.15) is 0 Å². The molecule has 2 fully saturated rings. The van der Waals surface area contributed by atoms with Crippen LogP contribution in [0.5, 0.6) is 0 Å². The van der Waals surface area contributed by atoms with E-state index in [9.17, 15) is 10.1 Å². The number of anilines is 1. The van der Waals surface area contributed by atoms with Crippen LogP contribution in [0.3, 0.4) is 0 Å². The molecule has 0 spiro atoms. The van der Waals surface area contributed by atoms with Crippen molar-refractivity contribution in [1.29, 1.82) is 0 Å². The third kappa shape index (κ3) is 2.20. The summed E-state index contributed by atoms with van der Waals surface area (Å²) in [5.41, 5.74) is 2.47. The SMILES string of the molecule is O=[N+]([O-])c1ccc2c(c1)C1CN(C3CCCC3)CCC1N2. The van der Waals surface area contributed by atoms with Crippen LogP contribution in [0.1, 0.15) is 43.6 Å². The van der Waals surface area contributed by atoms with E-state index in [-0.39, 0.29) is 10.6 Å². The zero-order valence-corrected chi connectivity index (χ0v) is 12.1. The number of nitro groups is 1. The molecule has 1 saturated heterocycles. The fraction of sp³-hybridized carbons (Fsp3) is 0.625. The van der Waals surface area contributed by atoms with Crippen molar-refractivity contribution in [3.63, 3.8) is 0 Å². The van der Waals surface area contributed by atoms with Gasteiger partial charge in [0.05, 0.1) is 4.92 Å². The summed E-state index contributed by atoms with van der Waals surface area (Å²) >= 11 is 0. The van der Waals surface area contributed by atoms with Gasteiger partial charge in [-0.25, -0.2) is 0 Å². The highest BCUT2D eigenvalue weighted by Crippen LogP contribution is 2.42. The first kappa shape index (κ1) is 13.1. The molecule has 2 aliphatic heterocycles. The van der Waals surface area contributed by atoms with Gasteiger partial charge in [0.25, 0.3) is 5.69 Å². The Kier molecular flexibility index (Phi) is 3.10. The fourth-order valence-electron chi connectivity index (χ4n) is 4.37. The lowest BCUT2D eigenvalue weighted by atomic mass is 9.88. The third-order valence-electron chi connectivity index (χ3n) is 5.47. The van der Waals surface area contributed by atoms with E-state index in [2.05, 4.69) is 10.2 Å². The van der Waals surface area contributed by atoms with Crippen LogP contribution in [0.2, 0.25) is 0 Å². The van der Waals surface area contributed by atoms with Gasteiger partial charge in [0.15, 0.2) is 0 Å². The molecular weight excluding hydrogens is 266 g/mol. The van der Waals surface area contributed by atoms with Crippen LogP contribution >= 0.6 is 0 Å². The Morgan fingerprint density at radius 2 is 2.05 bits per heavy atom. The lowest BCUT2D eigenvalue weighted by Crippen LogP contribution is -2.46. The molecule has 1 N–H and O–H groups in total. The zero-order chi connectivity index (χ0) is 14.4. The molecule has 0 amide bonds. The predicted molar refractivity (Wildman–Crippen MR) is 81.7 cm³/mol. The number of fused-ring (bicyclic) bond motifs is 3. The number of likely N-dealkylation sites (tertiary alicyclic amines) is 1. The van der Waals surface area contributed by atoms with Crippen LogP contribution < -0.4 is 5.32 Å². The van der Waals surface area contributed by atoms with E-state index in [4.69, 9.17) is 0 Å². The van der Waals surface area contributed by atoms with Crippen molar-refractivity contribution in [1.82, 2.24) is 4.90 Å². The molecule has 0 radical (unpaired) electrons. The van der Waals surface area contributed by atoms with Gasteiger partial charge < -0.3 is 5.32 Å². The van der Waals surface area contributed by atoms with Crippen LogP contribution in [-0.4, -0.2) is 35.0 Å². The molecule has 2 unspecified atom stereocenters. The van der Waals surface area contributed by atoms with E-state index >= 15 is 0 Å². The smallest absolute Gasteiger partial charge is 0.269 e. The molecule has 5 nitrogen and oxygen atoms in total. The van der Waals surface area contributed by atoms with Crippen LogP contribution in [0.15, 0.2) is 18.2 Å². The minimum atomic E-state index is -0.287. The minimum Gasteiger partial charge on any atom is -0.381 e. The second-order valence-electron chi connectivity index (χ2n) is 6.61. The largest absolute Gasteiger partial charge is 0.381 e. The molecule has 0 bridgehead atoms. The van der Waals surface area contributed by atoms with Crippen molar-refractivity contribution < 1.29 is 4.92 Å². The van der Waals surface area contributed by atoms with E-state index in [1.54, 1.807) is 12.1 Å². The average Bonchev–Trinajstić information content (AvgIpc) is 3.13. The number of benzene rings is 1. The van der Waals surface area contributed by atoms with Crippen LogP contribution in [0.4, 0.5) is 11.4 Å². The highest BCUT2D eigenvalue weighted by Gasteiger charge is 2.39. The van der Waals surface area contributed by atoms with Crippen molar-refractivity contribution >= 4 is 11.4 Å². The molecule has 21 heavy (non-hydrogen) atoms. The van der Waals surface area contributed by atoms with E-state index in [1.807, 2.05) is 6.07 Å². The summed E-state index contributed by atoms with van der Waals surface area (Å²) in [7, 11) is 0. The lowest BCUT2D eigenvalue weighted by Gasteiger charge is -2.38. The molecule has 3 aliphatic rings. The van der Waals surface area contributed by atoms with E-state index in [0.29, 0.717) is 12.0 Å². The van der Waals surface area contributed by atoms with Crippen molar-refractivity contribution in [3.8, 4) is 0 Å². The van der Waals surface area contributed by atoms with E-state index < -0.39 is 0 Å². The van der Waals surface area contributed by atoms with E-state index in [0.717, 1.165) is 36.8 Å². The van der Waals surface area contributed by atoms with E-state index in [1.165, 1.54) is 25.7 Å². The number of nitrogens with one attached hydrogen (secondary N) is 1. The van der Waals surface area contributed by atoms with Crippen molar-refractivity contribution in [2.24, 2.45) is 0 Å². The first-order valence-electron chi connectivity index (χ1n) is 8.01. The summed E-state index contributed by atoms with van der Waals surface area (Å²) in [5.74, 6) is 0.411. The van der Waals surface area contributed by atoms with Crippen molar-refractivity contribution in [2.45, 2.75) is 50.1 Å². The normalized spacial score (nSPS) is 29.0. The average molecular weight is 287 g/mol. The molecule has 112 valence electrons. The summed E-state index contributed by atoms with van der Waals surface area (Å²) in [6, 6.07) is 6.47. The maximum Gasteiger partial charge on any atom is 0.269 e. The summed E-state index contributed by atoms with van der Waals surface area (Å²) in [6.07, 6.45) is 6.51. The maximum absolute atomic E-state index is 11.0. The summed E-state index contributed by atoms with van der Waals surface area (Å²) in [6.45, 7) is 2.21. The summed E-state index contributed by atoms with van der Waals surface area (Å²) in [4.78, 5) is 13.4. The Hall–Kier alpha value is -1.62. The maximum atomic E-state index is 11.0. The van der Waals surface area contributed by atoms with Crippen molar-refractivity contribution in [3.05, 3.63) is 33.9 Å². The molecule has 2 atom stereocenters. The number of hydrogen-bond donors (Lipinski definition) is 1. The lowest BCUT2D eigenvalue weighted by molar-refractivity contribution is -0.384. The zero-order valence-electron chi connectivity index (χ0n) is 12.1. The molecule has 1 aromatic rings. The Bertz CT molecular complexity index is 569. The molecule has 0 aromatic heterocycles. The Morgan fingerprint density at radius 1 is 1.24 bits per heavy atom. The molecule has 4 rings (SSSR count). The number of rotatable bonds is 2. The molecule has 1 saturated carbocycles. The third-order valence-corrected chi connectivity index (χ3v) is 5.47. The fourth-order valence-corrected chi connectivity index (χ4v) is 4.37. The predicted octanol–water partition coefficient (Wildman–Crippen LogP) is 3.12. The second kappa shape index (κ2) is 4.98. The van der Waals surface area contributed by atoms with Gasteiger partial charge in [-0.15, -0.1) is 0 Å². The monoisotopic (exact) mass is 287 g/mol. The van der Waals surface area contributed by atoms with Gasteiger partial charge in [-0.3, -0.25) is 15.0 Å². The number of nitro benzene ring substituents is 1. The first-order valence-corrected chi connectivity index (χ1v) is 8.01. The topological polar surface area (TPSA) is 58.4 Å². The van der Waals surface area contributed by atoms with Gasteiger partial charge in [-0.1, -0.05) is 12.8 Å². The number of non-ortho nitro benzene ring substituents is 1.